The number of morpholine rings is 1. The average molecular weight is 401 g/mol. The first-order valence-electron chi connectivity index (χ1n) is 9.53. The van der Waals surface area contributed by atoms with Gasteiger partial charge in [0.15, 0.2) is 6.19 Å². The van der Waals surface area contributed by atoms with Crippen LogP contribution in [-0.4, -0.2) is 67.0 Å². The molecule has 29 heavy (non-hydrogen) atoms. The number of carbonyl (C=O) groups is 3. The molecule has 1 aliphatic heterocycles. The summed E-state index contributed by atoms with van der Waals surface area (Å²) >= 11 is 0. The summed E-state index contributed by atoms with van der Waals surface area (Å²) in [4.78, 5) is 39.7. The SMILES string of the molecule is CC(C)CC(NC(=O)c1ccc(NC(=O)N2CCOCC2)cc1)C(=O)N(C)C#N. The van der Waals surface area contributed by atoms with Gasteiger partial charge in [-0.05, 0) is 36.6 Å². The van der Waals surface area contributed by atoms with Gasteiger partial charge in [-0.2, -0.15) is 5.26 Å². The lowest BCUT2D eigenvalue weighted by molar-refractivity contribution is -0.129. The number of benzene rings is 1. The molecule has 0 spiro atoms. The lowest BCUT2D eigenvalue weighted by atomic mass is 10.0. The Balaban J connectivity index is 1.99. The van der Waals surface area contributed by atoms with Crippen LogP contribution in [0, 0.1) is 17.4 Å². The number of anilines is 1. The Hall–Kier alpha value is -3.12. The molecule has 1 atom stereocenters. The lowest BCUT2D eigenvalue weighted by Crippen LogP contribution is -2.46. The third-order valence-electron chi connectivity index (χ3n) is 4.49. The maximum atomic E-state index is 12.6. The average Bonchev–Trinajstić information content (AvgIpc) is 2.72. The summed E-state index contributed by atoms with van der Waals surface area (Å²) in [7, 11) is 1.37. The third-order valence-corrected chi connectivity index (χ3v) is 4.49. The highest BCUT2D eigenvalue weighted by molar-refractivity contribution is 5.98. The van der Waals surface area contributed by atoms with Gasteiger partial charge in [-0.25, -0.2) is 4.79 Å². The van der Waals surface area contributed by atoms with Gasteiger partial charge in [0.1, 0.15) is 6.04 Å². The van der Waals surface area contributed by atoms with E-state index in [0.29, 0.717) is 44.0 Å². The fourth-order valence-corrected chi connectivity index (χ4v) is 2.89. The number of nitrogens with one attached hydrogen (secondary N) is 2. The molecule has 9 nitrogen and oxygen atoms in total. The molecular weight excluding hydrogens is 374 g/mol. The van der Waals surface area contributed by atoms with E-state index in [9.17, 15) is 14.4 Å². The van der Waals surface area contributed by atoms with Gasteiger partial charge >= 0.3 is 6.03 Å². The lowest BCUT2D eigenvalue weighted by Gasteiger charge is -2.26. The molecule has 0 bridgehead atoms. The van der Waals surface area contributed by atoms with E-state index < -0.39 is 17.9 Å². The summed E-state index contributed by atoms with van der Waals surface area (Å²) in [5, 5.41) is 14.4. The molecule has 1 fully saturated rings. The van der Waals surface area contributed by atoms with Crippen molar-refractivity contribution in [1.82, 2.24) is 15.1 Å². The predicted octanol–water partition coefficient (Wildman–Crippen LogP) is 1.63. The van der Waals surface area contributed by atoms with Crippen LogP contribution in [0.3, 0.4) is 0 Å². The van der Waals surface area contributed by atoms with Gasteiger partial charge in [0.05, 0.1) is 13.2 Å². The van der Waals surface area contributed by atoms with Crippen LogP contribution in [0.1, 0.15) is 30.6 Å². The molecule has 1 aliphatic rings. The van der Waals surface area contributed by atoms with Crippen molar-refractivity contribution in [2.45, 2.75) is 26.3 Å². The molecule has 0 saturated carbocycles. The number of likely N-dealkylation sites (N-methyl/N-ethyl adjacent to an activating group) is 1. The molecule has 2 rings (SSSR count). The van der Waals surface area contributed by atoms with E-state index in [1.807, 2.05) is 13.8 Å². The number of carbonyl (C=O) groups excluding carboxylic acids is 3. The van der Waals surface area contributed by atoms with Crippen molar-refractivity contribution in [3.63, 3.8) is 0 Å². The van der Waals surface area contributed by atoms with Crippen molar-refractivity contribution in [3.8, 4) is 6.19 Å². The highest BCUT2D eigenvalue weighted by atomic mass is 16.5. The summed E-state index contributed by atoms with van der Waals surface area (Å²) in [5.41, 5.74) is 0.924. The molecule has 1 heterocycles. The summed E-state index contributed by atoms with van der Waals surface area (Å²) in [6, 6.07) is 5.42. The van der Waals surface area contributed by atoms with Crippen molar-refractivity contribution in [3.05, 3.63) is 29.8 Å². The maximum absolute atomic E-state index is 12.6. The topological polar surface area (TPSA) is 115 Å². The number of amides is 4. The van der Waals surface area contributed by atoms with Gasteiger partial charge in [0.25, 0.3) is 11.8 Å². The van der Waals surface area contributed by atoms with Crippen LogP contribution >= 0.6 is 0 Å². The van der Waals surface area contributed by atoms with Crippen molar-refractivity contribution in [2.24, 2.45) is 5.92 Å². The molecule has 0 aromatic heterocycles. The quantitative estimate of drug-likeness (QED) is 0.555. The Morgan fingerprint density at radius 1 is 1.21 bits per heavy atom. The Morgan fingerprint density at radius 2 is 1.83 bits per heavy atom. The number of nitriles is 1. The molecular formula is C20H27N5O4. The molecule has 1 aromatic rings. The van der Waals surface area contributed by atoms with Crippen molar-refractivity contribution >= 4 is 23.5 Å². The minimum Gasteiger partial charge on any atom is -0.378 e. The van der Waals surface area contributed by atoms with Crippen LogP contribution in [0.2, 0.25) is 0 Å². The number of urea groups is 1. The molecule has 156 valence electrons. The standard InChI is InChI=1S/C20H27N5O4/c1-14(2)12-17(19(27)24(3)13-21)23-18(26)15-4-6-16(7-5-15)22-20(28)25-8-10-29-11-9-25/h4-7,14,17H,8-12H2,1-3H3,(H,22,28)(H,23,26). The van der Waals surface area contributed by atoms with Crippen molar-refractivity contribution in [2.75, 3.05) is 38.7 Å². The van der Waals surface area contributed by atoms with Crippen LogP contribution in [0.5, 0.6) is 0 Å². The van der Waals surface area contributed by atoms with Gasteiger partial charge < -0.3 is 20.3 Å². The van der Waals surface area contributed by atoms with Crippen LogP contribution in [0.4, 0.5) is 10.5 Å². The molecule has 4 amide bonds. The second-order valence-electron chi connectivity index (χ2n) is 7.26. The third kappa shape index (κ3) is 6.47. The van der Waals surface area contributed by atoms with E-state index >= 15 is 0 Å². The number of rotatable bonds is 6. The van der Waals surface area contributed by atoms with Crippen molar-refractivity contribution < 1.29 is 19.1 Å². The first-order chi connectivity index (χ1) is 13.8. The largest absolute Gasteiger partial charge is 0.378 e. The van der Waals surface area contributed by atoms with E-state index in [4.69, 9.17) is 10.00 Å². The Morgan fingerprint density at radius 3 is 2.38 bits per heavy atom. The summed E-state index contributed by atoms with van der Waals surface area (Å²) in [5.74, 6) is -0.709. The Bertz CT molecular complexity index is 766. The molecule has 0 radical (unpaired) electrons. The highest BCUT2D eigenvalue weighted by Crippen LogP contribution is 2.13. The van der Waals surface area contributed by atoms with Gasteiger partial charge in [0.2, 0.25) is 0 Å². The van der Waals surface area contributed by atoms with E-state index in [-0.39, 0.29) is 11.9 Å². The van der Waals surface area contributed by atoms with Crippen molar-refractivity contribution in [1.29, 1.82) is 5.26 Å². The second-order valence-corrected chi connectivity index (χ2v) is 7.26. The normalized spacial score (nSPS) is 14.7. The smallest absolute Gasteiger partial charge is 0.321 e. The van der Waals surface area contributed by atoms with Gasteiger partial charge in [-0.1, -0.05) is 13.8 Å². The molecule has 1 saturated heterocycles. The second kappa shape index (κ2) is 10.4. The predicted molar refractivity (Wildman–Crippen MR) is 107 cm³/mol. The number of hydrogen-bond acceptors (Lipinski definition) is 5. The maximum Gasteiger partial charge on any atom is 0.321 e. The van der Waals surface area contributed by atoms with Crippen LogP contribution in [-0.2, 0) is 9.53 Å². The number of nitrogens with zero attached hydrogens (tertiary/aromatic N) is 3. The molecule has 2 N–H and O–H groups in total. The fourth-order valence-electron chi connectivity index (χ4n) is 2.89. The molecule has 0 aliphatic carbocycles. The zero-order chi connectivity index (χ0) is 21.4. The summed E-state index contributed by atoms with van der Waals surface area (Å²) < 4.78 is 5.23. The number of hydrogen-bond donors (Lipinski definition) is 2. The first-order valence-corrected chi connectivity index (χ1v) is 9.53. The van der Waals surface area contributed by atoms with Gasteiger partial charge in [0, 0.05) is 31.4 Å². The zero-order valence-corrected chi connectivity index (χ0v) is 17.0. The molecule has 1 aromatic carbocycles. The fraction of sp³-hybridized carbons (Fsp3) is 0.500. The zero-order valence-electron chi connectivity index (χ0n) is 17.0. The molecule has 1 unspecified atom stereocenters. The van der Waals surface area contributed by atoms with E-state index in [1.54, 1.807) is 35.4 Å². The van der Waals surface area contributed by atoms with Crippen LogP contribution in [0.15, 0.2) is 24.3 Å². The van der Waals surface area contributed by atoms with Crippen LogP contribution < -0.4 is 10.6 Å². The summed E-state index contributed by atoms with van der Waals surface area (Å²) in [6.45, 7) is 5.98. The Labute approximate surface area is 170 Å². The van der Waals surface area contributed by atoms with Gasteiger partial charge in [-0.3, -0.25) is 14.5 Å². The Kier molecular flexibility index (Phi) is 7.98. The number of ether oxygens (including phenoxy) is 1. The van der Waals surface area contributed by atoms with Gasteiger partial charge in [-0.15, -0.1) is 0 Å². The monoisotopic (exact) mass is 401 g/mol. The van der Waals surface area contributed by atoms with E-state index in [2.05, 4.69) is 10.6 Å². The van der Waals surface area contributed by atoms with Crippen LogP contribution in [0.25, 0.3) is 0 Å². The molecule has 9 heteroatoms. The van der Waals surface area contributed by atoms with E-state index in [0.717, 1.165) is 4.90 Å². The highest BCUT2D eigenvalue weighted by Gasteiger charge is 2.25. The summed E-state index contributed by atoms with van der Waals surface area (Å²) in [6.07, 6.45) is 2.19. The first kappa shape index (κ1) is 22.2. The van der Waals surface area contributed by atoms with E-state index in [1.165, 1.54) is 7.05 Å². The minimum absolute atomic E-state index is 0.161. The minimum atomic E-state index is -0.784.